The van der Waals surface area contributed by atoms with Gasteiger partial charge in [0.1, 0.15) is 0 Å². The number of hydrogen-bond donors (Lipinski definition) is 1. The molecule has 0 aromatic carbocycles. The number of hydrogen-bond acceptors (Lipinski definition) is 3. The first-order chi connectivity index (χ1) is 7.61. The van der Waals surface area contributed by atoms with Crippen molar-refractivity contribution >= 4 is 0 Å². The number of likely N-dealkylation sites (tertiary alicyclic amines) is 1. The van der Waals surface area contributed by atoms with Gasteiger partial charge in [-0.25, -0.2) is 0 Å². The Balaban J connectivity index is 2.23. The molecule has 1 fully saturated rings. The lowest BCUT2D eigenvalue weighted by Crippen LogP contribution is -2.40. The van der Waals surface area contributed by atoms with E-state index < -0.39 is 0 Å². The van der Waals surface area contributed by atoms with Gasteiger partial charge in [-0.3, -0.25) is 0 Å². The SMILES string of the molecule is CCC(C)(CN)OCCC1CCCCN1C. The second-order valence-corrected chi connectivity index (χ2v) is 5.27. The molecule has 0 aliphatic carbocycles. The van der Waals surface area contributed by atoms with E-state index in [1.54, 1.807) is 0 Å². The van der Waals surface area contributed by atoms with Crippen LogP contribution in [0.25, 0.3) is 0 Å². The third-order valence-electron chi connectivity index (χ3n) is 4.00. The predicted octanol–water partition coefficient (Wildman–Crippen LogP) is 2.00. The highest BCUT2D eigenvalue weighted by molar-refractivity contribution is 4.77. The summed E-state index contributed by atoms with van der Waals surface area (Å²) in [6.07, 6.45) is 6.18. The van der Waals surface area contributed by atoms with Crippen LogP contribution >= 0.6 is 0 Å². The van der Waals surface area contributed by atoms with E-state index in [2.05, 4.69) is 25.8 Å². The van der Waals surface area contributed by atoms with E-state index in [9.17, 15) is 0 Å². The molecule has 0 aromatic heterocycles. The van der Waals surface area contributed by atoms with E-state index in [4.69, 9.17) is 10.5 Å². The van der Waals surface area contributed by atoms with Crippen LogP contribution in [0.5, 0.6) is 0 Å². The maximum absolute atomic E-state index is 5.93. The van der Waals surface area contributed by atoms with Crippen molar-refractivity contribution in [1.29, 1.82) is 0 Å². The molecule has 0 radical (unpaired) electrons. The fraction of sp³-hybridized carbons (Fsp3) is 1.00. The first kappa shape index (κ1) is 13.9. The third kappa shape index (κ3) is 4.04. The third-order valence-corrected chi connectivity index (χ3v) is 4.00. The van der Waals surface area contributed by atoms with Crippen LogP contribution in [0.3, 0.4) is 0 Å². The normalized spacial score (nSPS) is 26.6. The van der Waals surface area contributed by atoms with E-state index in [0.29, 0.717) is 12.6 Å². The van der Waals surface area contributed by atoms with Gasteiger partial charge in [-0.15, -0.1) is 0 Å². The minimum Gasteiger partial charge on any atom is -0.374 e. The van der Waals surface area contributed by atoms with E-state index in [1.807, 2.05) is 0 Å². The highest BCUT2D eigenvalue weighted by Crippen LogP contribution is 2.19. The lowest BCUT2D eigenvalue weighted by atomic mass is 10.00. The molecule has 0 spiro atoms. The first-order valence-electron chi connectivity index (χ1n) is 6.65. The molecule has 2 N–H and O–H groups in total. The molecule has 2 atom stereocenters. The van der Waals surface area contributed by atoms with E-state index >= 15 is 0 Å². The summed E-state index contributed by atoms with van der Waals surface area (Å²) in [6, 6.07) is 0.715. The van der Waals surface area contributed by atoms with Gasteiger partial charge in [0.25, 0.3) is 0 Å². The monoisotopic (exact) mass is 228 g/mol. The maximum atomic E-state index is 5.93. The average Bonchev–Trinajstić information content (AvgIpc) is 2.31. The molecule has 1 rings (SSSR count). The largest absolute Gasteiger partial charge is 0.374 e. The fourth-order valence-electron chi connectivity index (χ4n) is 2.26. The molecule has 0 amide bonds. The minimum atomic E-state index is -0.118. The first-order valence-corrected chi connectivity index (χ1v) is 6.65. The Morgan fingerprint density at radius 1 is 1.44 bits per heavy atom. The van der Waals surface area contributed by atoms with E-state index in [0.717, 1.165) is 19.4 Å². The van der Waals surface area contributed by atoms with Crippen LogP contribution in [0.2, 0.25) is 0 Å². The molecule has 2 unspecified atom stereocenters. The smallest absolute Gasteiger partial charge is 0.0773 e. The molecule has 96 valence electrons. The summed E-state index contributed by atoms with van der Waals surface area (Å²) in [7, 11) is 2.23. The van der Waals surface area contributed by atoms with Crippen LogP contribution in [0.4, 0.5) is 0 Å². The zero-order valence-electron chi connectivity index (χ0n) is 11.2. The van der Waals surface area contributed by atoms with Crippen LogP contribution in [0.1, 0.15) is 46.0 Å². The second-order valence-electron chi connectivity index (χ2n) is 5.27. The van der Waals surface area contributed by atoms with Crippen molar-refractivity contribution in [3.05, 3.63) is 0 Å². The number of nitrogens with zero attached hydrogens (tertiary/aromatic N) is 1. The Kier molecular flexibility index (Phi) is 5.73. The van der Waals surface area contributed by atoms with E-state index in [-0.39, 0.29) is 5.60 Å². The van der Waals surface area contributed by atoms with Gasteiger partial charge in [-0.1, -0.05) is 13.3 Å². The molecule has 3 heteroatoms. The summed E-state index contributed by atoms with van der Waals surface area (Å²) in [5, 5.41) is 0. The molecular weight excluding hydrogens is 200 g/mol. The van der Waals surface area contributed by atoms with Crippen LogP contribution in [-0.2, 0) is 4.74 Å². The van der Waals surface area contributed by atoms with Crippen LogP contribution < -0.4 is 5.73 Å². The van der Waals surface area contributed by atoms with Crippen LogP contribution in [0, 0.1) is 0 Å². The van der Waals surface area contributed by atoms with Gasteiger partial charge in [0.2, 0.25) is 0 Å². The fourth-order valence-corrected chi connectivity index (χ4v) is 2.26. The summed E-state index contributed by atoms with van der Waals surface area (Å²) in [4.78, 5) is 2.47. The average molecular weight is 228 g/mol. The lowest BCUT2D eigenvalue weighted by molar-refractivity contribution is -0.0367. The number of nitrogens with two attached hydrogens (primary N) is 1. The van der Waals surface area contributed by atoms with Crippen molar-refractivity contribution in [1.82, 2.24) is 4.90 Å². The van der Waals surface area contributed by atoms with Gasteiger partial charge in [0.15, 0.2) is 0 Å². The van der Waals surface area contributed by atoms with Gasteiger partial charge in [-0.2, -0.15) is 0 Å². The van der Waals surface area contributed by atoms with E-state index in [1.165, 1.54) is 25.8 Å². The predicted molar refractivity (Wildman–Crippen MR) is 68.6 cm³/mol. The quantitative estimate of drug-likeness (QED) is 0.756. The Labute approximate surface area is 100 Å². The lowest BCUT2D eigenvalue weighted by Gasteiger charge is -2.34. The zero-order chi connectivity index (χ0) is 12.0. The zero-order valence-corrected chi connectivity index (χ0v) is 11.2. The Bertz CT molecular complexity index is 192. The summed E-state index contributed by atoms with van der Waals surface area (Å²) in [5.41, 5.74) is 5.61. The van der Waals surface area contributed by atoms with Crippen LogP contribution in [-0.4, -0.2) is 43.3 Å². The minimum absolute atomic E-state index is 0.118. The molecule has 0 saturated carbocycles. The van der Waals surface area contributed by atoms with Crippen molar-refractivity contribution in [2.24, 2.45) is 5.73 Å². The topological polar surface area (TPSA) is 38.5 Å². The summed E-state index contributed by atoms with van der Waals surface area (Å²) < 4.78 is 5.93. The van der Waals surface area contributed by atoms with Gasteiger partial charge in [0, 0.05) is 19.2 Å². The molecule has 1 aliphatic heterocycles. The molecule has 3 nitrogen and oxygen atoms in total. The van der Waals surface area contributed by atoms with Crippen LogP contribution in [0.15, 0.2) is 0 Å². The van der Waals surface area contributed by atoms with Crippen molar-refractivity contribution in [3.8, 4) is 0 Å². The highest BCUT2D eigenvalue weighted by atomic mass is 16.5. The standard InChI is InChI=1S/C13H28N2O/c1-4-13(2,11-14)16-10-8-12-7-5-6-9-15(12)3/h12H,4-11,14H2,1-3H3. The van der Waals surface area contributed by atoms with Gasteiger partial charge in [-0.05, 0) is 46.2 Å². The number of ether oxygens (including phenoxy) is 1. The molecule has 16 heavy (non-hydrogen) atoms. The molecule has 0 bridgehead atoms. The number of rotatable bonds is 6. The molecule has 1 saturated heterocycles. The maximum Gasteiger partial charge on any atom is 0.0773 e. The van der Waals surface area contributed by atoms with Gasteiger partial charge in [0.05, 0.1) is 5.60 Å². The Morgan fingerprint density at radius 2 is 2.19 bits per heavy atom. The molecule has 1 aliphatic rings. The Morgan fingerprint density at radius 3 is 2.75 bits per heavy atom. The van der Waals surface area contributed by atoms with Crippen molar-refractivity contribution in [2.75, 3.05) is 26.7 Å². The van der Waals surface area contributed by atoms with Gasteiger partial charge < -0.3 is 15.4 Å². The van der Waals surface area contributed by atoms with Gasteiger partial charge >= 0.3 is 0 Å². The van der Waals surface area contributed by atoms with Crippen molar-refractivity contribution < 1.29 is 4.74 Å². The summed E-state index contributed by atoms with van der Waals surface area (Å²) in [5.74, 6) is 0. The number of piperidine rings is 1. The summed E-state index contributed by atoms with van der Waals surface area (Å²) >= 11 is 0. The van der Waals surface area contributed by atoms with Crippen molar-refractivity contribution in [3.63, 3.8) is 0 Å². The highest BCUT2D eigenvalue weighted by Gasteiger charge is 2.23. The molecule has 1 heterocycles. The summed E-state index contributed by atoms with van der Waals surface area (Å²) in [6.45, 7) is 6.95. The molecular formula is C13H28N2O. The van der Waals surface area contributed by atoms with Crippen molar-refractivity contribution in [2.45, 2.75) is 57.6 Å². The Hall–Kier alpha value is -0.120. The molecule has 0 aromatic rings. The second kappa shape index (κ2) is 6.58.